The van der Waals surface area contributed by atoms with Crippen molar-refractivity contribution >= 4 is 23.6 Å². The first-order valence-corrected chi connectivity index (χ1v) is 12.9. The van der Waals surface area contributed by atoms with E-state index in [1.165, 1.54) is 18.1 Å². The maximum atomic E-state index is 14.8. The Bertz CT molecular complexity index is 1410. The third kappa shape index (κ3) is 4.98. The molecule has 3 aliphatic rings. The maximum absolute atomic E-state index is 14.8. The maximum Gasteiger partial charge on any atom is 0.257 e. The molecule has 0 unspecified atom stereocenters. The van der Waals surface area contributed by atoms with E-state index in [1.54, 1.807) is 30.3 Å². The molecule has 10 heteroatoms. The average Bonchev–Trinajstić information content (AvgIpc) is 3.42. The Morgan fingerprint density at radius 1 is 1.08 bits per heavy atom. The Morgan fingerprint density at radius 3 is 2.41 bits per heavy atom. The van der Waals surface area contributed by atoms with Crippen molar-refractivity contribution in [2.24, 2.45) is 5.41 Å². The van der Waals surface area contributed by atoms with Crippen LogP contribution < -0.4 is 10.1 Å². The number of benzene rings is 2. The van der Waals surface area contributed by atoms with Crippen LogP contribution in [0, 0.1) is 23.1 Å². The number of halogens is 1. The Hall–Kier alpha value is -4.23. The zero-order valence-corrected chi connectivity index (χ0v) is 21.9. The van der Waals surface area contributed by atoms with Crippen LogP contribution in [0.15, 0.2) is 36.4 Å². The normalized spacial score (nSPS) is 20.9. The highest BCUT2D eigenvalue weighted by molar-refractivity contribution is 6.08. The van der Waals surface area contributed by atoms with Crippen molar-refractivity contribution in [1.29, 1.82) is 0 Å². The summed E-state index contributed by atoms with van der Waals surface area (Å²) in [5, 5.41) is 2.29. The van der Waals surface area contributed by atoms with Gasteiger partial charge in [0.05, 0.1) is 19.1 Å². The average molecular weight is 533 g/mol. The molecule has 1 N–H and O–H groups in total. The van der Waals surface area contributed by atoms with E-state index in [9.17, 15) is 23.6 Å². The van der Waals surface area contributed by atoms with Gasteiger partial charge in [-0.2, -0.15) is 0 Å². The number of nitrogens with one attached hydrogen (secondary N) is 1. The molecule has 202 valence electrons. The summed E-state index contributed by atoms with van der Waals surface area (Å²) >= 11 is 0. The summed E-state index contributed by atoms with van der Waals surface area (Å²) in [6, 6.07) is 9.85. The number of carbonyl (C=O) groups is 4. The lowest BCUT2D eigenvalue weighted by Crippen LogP contribution is -2.48. The van der Waals surface area contributed by atoms with E-state index < -0.39 is 29.0 Å². The van der Waals surface area contributed by atoms with Gasteiger partial charge >= 0.3 is 0 Å². The first-order valence-electron chi connectivity index (χ1n) is 12.9. The molecule has 0 bridgehead atoms. The minimum Gasteiger partial charge on any atom is -0.494 e. The van der Waals surface area contributed by atoms with Gasteiger partial charge < -0.3 is 19.4 Å². The number of methoxy groups -OCH3 is 1. The van der Waals surface area contributed by atoms with Crippen LogP contribution in [0.3, 0.4) is 0 Å². The van der Waals surface area contributed by atoms with E-state index in [1.807, 2.05) is 4.90 Å². The second-order valence-electron chi connectivity index (χ2n) is 9.97. The highest BCUT2D eigenvalue weighted by Crippen LogP contribution is 2.35. The van der Waals surface area contributed by atoms with Gasteiger partial charge in [-0.25, -0.2) is 4.39 Å². The minimum absolute atomic E-state index is 0.0431. The lowest BCUT2D eigenvalue weighted by atomic mass is 9.85. The van der Waals surface area contributed by atoms with Gasteiger partial charge in [-0.15, -0.1) is 0 Å². The minimum atomic E-state index is -1.48. The summed E-state index contributed by atoms with van der Waals surface area (Å²) in [4.78, 5) is 56.5. The molecule has 4 amide bonds. The highest BCUT2D eigenvalue weighted by atomic mass is 19.1. The van der Waals surface area contributed by atoms with Crippen LogP contribution in [-0.4, -0.2) is 84.7 Å². The molecular formula is C29H29FN4O5. The van der Waals surface area contributed by atoms with Gasteiger partial charge in [-0.05, 0) is 42.4 Å². The van der Waals surface area contributed by atoms with Crippen molar-refractivity contribution in [3.63, 3.8) is 0 Å². The van der Waals surface area contributed by atoms with Crippen LogP contribution in [0.4, 0.5) is 4.39 Å². The predicted molar refractivity (Wildman–Crippen MR) is 139 cm³/mol. The van der Waals surface area contributed by atoms with Gasteiger partial charge in [0.1, 0.15) is 5.41 Å². The number of imide groups is 1. The smallest absolute Gasteiger partial charge is 0.257 e. The fraction of sp³-hybridized carbons (Fsp3) is 0.379. The zero-order valence-electron chi connectivity index (χ0n) is 21.9. The summed E-state index contributed by atoms with van der Waals surface area (Å²) in [6.07, 6.45) is -0.217. The lowest BCUT2D eigenvalue weighted by molar-refractivity contribution is -0.127. The standard InChI is InChI=1S/C29H29FN4O5/c1-3-32-12-14-33(15-13-32)26(36)20-6-4-19(5-7-20)10-11-29(16-23(35)31-28(29)38)18-34-17-21-8-9-22(39-2)25(30)24(21)27(34)37/h4-9H,3,12-18H2,1-2H3,(H,31,35,38)/t29-/m1/s1. The number of rotatable bonds is 5. The second kappa shape index (κ2) is 10.5. The Morgan fingerprint density at radius 2 is 1.79 bits per heavy atom. The molecule has 2 fully saturated rings. The number of hydrogen-bond donors (Lipinski definition) is 1. The Labute approximate surface area is 225 Å². The van der Waals surface area contributed by atoms with Crippen LogP contribution in [0.2, 0.25) is 0 Å². The zero-order chi connectivity index (χ0) is 27.7. The van der Waals surface area contributed by atoms with Gasteiger partial charge in [-0.3, -0.25) is 24.5 Å². The number of likely N-dealkylation sites (N-methyl/N-ethyl adjacent to an activating group) is 1. The van der Waals surface area contributed by atoms with Gasteiger partial charge in [-0.1, -0.05) is 24.8 Å². The monoisotopic (exact) mass is 532 g/mol. The largest absolute Gasteiger partial charge is 0.494 e. The van der Waals surface area contributed by atoms with Crippen molar-refractivity contribution in [1.82, 2.24) is 20.0 Å². The van der Waals surface area contributed by atoms with Gasteiger partial charge in [0.15, 0.2) is 11.6 Å². The molecule has 2 aromatic rings. The third-order valence-electron chi connectivity index (χ3n) is 7.57. The molecular weight excluding hydrogens is 503 g/mol. The summed E-state index contributed by atoms with van der Waals surface area (Å²) in [5.41, 5.74) is -0.00313. The number of piperazine rings is 1. The molecule has 2 aromatic carbocycles. The molecule has 5 rings (SSSR count). The van der Waals surface area contributed by atoms with E-state index in [2.05, 4.69) is 29.0 Å². The van der Waals surface area contributed by atoms with Crippen LogP contribution in [0.25, 0.3) is 0 Å². The SMILES string of the molecule is CCN1CCN(C(=O)c2ccc(C#C[C@]3(CN4Cc5ccc(OC)c(F)c5C4=O)CC(=O)NC3=O)cc2)CC1. The molecule has 9 nitrogen and oxygen atoms in total. The molecule has 2 saturated heterocycles. The predicted octanol–water partition coefficient (Wildman–Crippen LogP) is 1.65. The first kappa shape index (κ1) is 26.4. The molecule has 0 spiro atoms. The van der Waals surface area contributed by atoms with Crippen molar-refractivity contribution in [3.05, 3.63) is 64.5 Å². The van der Waals surface area contributed by atoms with E-state index in [4.69, 9.17) is 4.74 Å². The van der Waals surface area contributed by atoms with E-state index in [0.29, 0.717) is 29.8 Å². The molecule has 0 radical (unpaired) electrons. The topological polar surface area (TPSA) is 99.3 Å². The first-order chi connectivity index (χ1) is 18.7. The molecule has 0 aromatic heterocycles. The Kier molecular flexibility index (Phi) is 7.10. The van der Waals surface area contributed by atoms with E-state index >= 15 is 0 Å². The van der Waals surface area contributed by atoms with Crippen LogP contribution in [0.1, 0.15) is 45.2 Å². The number of fused-ring (bicyclic) bond motifs is 1. The van der Waals surface area contributed by atoms with E-state index in [-0.39, 0.29) is 36.7 Å². The van der Waals surface area contributed by atoms with Gasteiger partial charge in [0.2, 0.25) is 11.8 Å². The molecule has 3 heterocycles. The van der Waals surface area contributed by atoms with Gasteiger partial charge in [0.25, 0.3) is 11.8 Å². The molecule has 39 heavy (non-hydrogen) atoms. The molecule has 0 saturated carbocycles. The fourth-order valence-electron chi connectivity index (χ4n) is 5.26. The van der Waals surface area contributed by atoms with Crippen LogP contribution in [-0.2, 0) is 16.1 Å². The molecule has 1 atom stereocenters. The van der Waals surface area contributed by atoms with Crippen LogP contribution >= 0.6 is 0 Å². The van der Waals surface area contributed by atoms with Crippen LogP contribution in [0.5, 0.6) is 5.75 Å². The van der Waals surface area contributed by atoms with Crippen molar-refractivity contribution < 1.29 is 28.3 Å². The molecule has 0 aliphatic carbocycles. The summed E-state index contributed by atoms with van der Waals surface area (Å²) in [6.45, 7) is 6.03. The summed E-state index contributed by atoms with van der Waals surface area (Å²) < 4.78 is 19.8. The van der Waals surface area contributed by atoms with Gasteiger partial charge in [0, 0.05) is 50.4 Å². The summed E-state index contributed by atoms with van der Waals surface area (Å²) in [5.74, 6) is 3.37. The van der Waals surface area contributed by atoms with E-state index in [0.717, 1.165) is 19.6 Å². The number of hydrogen-bond acceptors (Lipinski definition) is 6. The fourth-order valence-corrected chi connectivity index (χ4v) is 5.26. The lowest BCUT2D eigenvalue weighted by Gasteiger charge is -2.34. The quantitative estimate of drug-likeness (QED) is 0.465. The second-order valence-corrected chi connectivity index (χ2v) is 9.97. The van der Waals surface area contributed by atoms with Crippen molar-refractivity contribution in [2.75, 3.05) is 46.4 Å². The summed E-state index contributed by atoms with van der Waals surface area (Å²) in [7, 11) is 1.32. The number of ether oxygens (including phenoxy) is 1. The molecule has 3 aliphatic heterocycles. The number of amides is 4. The van der Waals surface area contributed by atoms with Crippen molar-refractivity contribution in [3.8, 4) is 17.6 Å². The number of carbonyl (C=O) groups excluding carboxylic acids is 4. The Balaban J connectivity index is 1.34. The van der Waals surface area contributed by atoms with Crippen molar-refractivity contribution in [2.45, 2.75) is 19.9 Å². The highest BCUT2D eigenvalue weighted by Gasteiger charge is 2.49. The number of nitrogens with zero attached hydrogens (tertiary/aromatic N) is 3. The third-order valence-corrected chi connectivity index (χ3v) is 7.57.